The zero-order valence-electron chi connectivity index (χ0n) is 6.89. The topological polar surface area (TPSA) is 26.3 Å². The third-order valence-electron chi connectivity index (χ3n) is 1.16. The van der Waals surface area contributed by atoms with E-state index < -0.39 is 7.37 Å². The van der Waals surface area contributed by atoms with Crippen molar-refractivity contribution in [2.45, 2.75) is 13.8 Å². The van der Waals surface area contributed by atoms with E-state index in [2.05, 4.69) is 6.58 Å². The van der Waals surface area contributed by atoms with Crippen LogP contribution in [0.25, 0.3) is 0 Å². The van der Waals surface area contributed by atoms with Crippen LogP contribution in [0.1, 0.15) is 13.8 Å². The minimum atomic E-state index is -2.29. The van der Waals surface area contributed by atoms with Crippen LogP contribution in [-0.2, 0) is 9.09 Å². The lowest BCUT2D eigenvalue weighted by atomic mass is 10.4. The molecule has 0 saturated heterocycles. The van der Waals surface area contributed by atoms with Crippen LogP contribution in [-0.4, -0.2) is 19.4 Å². The summed E-state index contributed by atoms with van der Waals surface area (Å²) in [6.07, 6.45) is 0.597. The molecule has 0 fully saturated rings. The molecule has 0 amide bonds. The monoisotopic (exact) mass is 162 g/mol. The maximum absolute atomic E-state index is 11.2. The summed E-state index contributed by atoms with van der Waals surface area (Å²) in [4.78, 5) is 0. The van der Waals surface area contributed by atoms with Crippen LogP contribution in [0.5, 0.6) is 0 Å². The second-order valence-corrected chi connectivity index (χ2v) is 5.48. The van der Waals surface area contributed by atoms with Gasteiger partial charge in [-0.2, -0.15) is 0 Å². The molecule has 0 aliphatic rings. The first-order chi connectivity index (χ1) is 4.48. The molecule has 0 aromatic carbocycles. The highest BCUT2D eigenvalue weighted by Gasteiger charge is 2.11. The van der Waals surface area contributed by atoms with Crippen LogP contribution in [0.3, 0.4) is 0 Å². The summed E-state index contributed by atoms with van der Waals surface area (Å²) in [5.41, 5.74) is 0.913. The predicted molar refractivity (Wildman–Crippen MR) is 44.8 cm³/mol. The van der Waals surface area contributed by atoms with Crippen molar-refractivity contribution in [3.05, 3.63) is 12.2 Å². The SMILES string of the molecule is C=C(C)COP(C)(=O)CC. The van der Waals surface area contributed by atoms with Gasteiger partial charge in [0.15, 0.2) is 7.37 Å². The predicted octanol–water partition coefficient (Wildman–Crippen LogP) is 2.51. The molecule has 2 nitrogen and oxygen atoms in total. The van der Waals surface area contributed by atoms with Gasteiger partial charge in [-0.15, -0.1) is 0 Å². The Kier molecular flexibility index (Phi) is 3.92. The zero-order valence-corrected chi connectivity index (χ0v) is 7.78. The van der Waals surface area contributed by atoms with Gasteiger partial charge in [0.25, 0.3) is 0 Å². The molecule has 1 unspecified atom stereocenters. The van der Waals surface area contributed by atoms with E-state index in [0.29, 0.717) is 12.8 Å². The van der Waals surface area contributed by atoms with Crippen LogP contribution < -0.4 is 0 Å². The minimum Gasteiger partial charge on any atom is -0.324 e. The molecule has 10 heavy (non-hydrogen) atoms. The highest BCUT2D eigenvalue weighted by atomic mass is 31.2. The van der Waals surface area contributed by atoms with Crippen molar-refractivity contribution < 1.29 is 9.09 Å². The zero-order chi connectivity index (χ0) is 8.20. The van der Waals surface area contributed by atoms with Crippen molar-refractivity contribution in [1.29, 1.82) is 0 Å². The van der Waals surface area contributed by atoms with E-state index in [9.17, 15) is 4.57 Å². The van der Waals surface area contributed by atoms with E-state index in [0.717, 1.165) is 5.57 Å². The van der Waals surface area contributed by atoms with Crippen molar-refractivity contribution in [1.82, 2.24) is 0 Å². The van der Waals surface area contributed by atoms with Crippen molar-refractivity contribution >= 4 is 7.37 Å². The Morgan fingerprint density at radius 1 is 1.70 bits per heavy atom. The lowest BCUT2D eigenvalue weighted by Gasteiger charge is -2.10. The Balaban J connectivity index is 3.68. The van der Waals surface area contributed by atoms with Crippen LogP contribution >= 0.6 is 7.37 Å². The standard InChI is InChI=1S/C7H15O2P/c1-5-10(4,8)9-6-7(2)3/h2,5-6H2,1,3-4H3. The molecule has 0 heterocycles. The molecule has 0 saturated carbocycles. The van der Waals surface area contributed by atoms with Crippen molar-refractivity contribution in [3.63, 3.8) is 0 Å². The maximum Gasteiger partial charge on any atom is 0.200 e. The van der Waals surface area contributed by atoms with Gasteiger partial charge in [0.05, 0.1) is 6.61 Å². The highest BCUT2D eigenvalue weighted by Crippen LogP contribution is 2.41. The quantitative estimate of drug-likeness (QED) is 0.469. The second-order valence-electron chi connectivity index (χ2n) is 2.56. The molecule has 60 valence electrons. The van der Waals surface area contributed by atoms with Gasteiger partial charge in [-0.25, -0.2) is 0 Å². The first-order valence-corrected chi connectivity index (χ1v) is 5.59. The summed E-state index contributed by atoms with van der Waals surface area (Å²) >= 11 is 0. The average molecular weight is 162 g/mol. The van der Waals surface area contributed by atoms with Crippen LogP contribution in [0.4, 0.5) is 0 Å². The Morgan fingerprint density at radius 2 is 2.20 bits per heavy atom. The van der Waals surface area contributed by atoms with Gasteiger partial charge in [0, 0.05) is 12.8 Å². The van der Waals surface area contributed by atoms with Gasteiger partial charge in [-0.05, 0) is 6.92 Å². The van der Waals surface area contributed by atoms with Gasteiger partial charge < -0.3 is 4.52 Å². The summed E-state index contributed by atoms with van der Waals surface area (Å²) in [7, 11) is -2.29. The molecule has 1 atom stereocenters. The summed E-state index contributed by atoms with van der Waals surface area (Å²) in [6.45, 7) is 9.43. The largest absolute Gasteiger partial charge is 0.324 e. The summed E-state index contributed by atoms with van der Waals surface area (Å²) < 4.78 is 16.3. The summed E-state index contributed by atoms with van der Waals surface area (Å²) in [6, 6.07) is 0. The molecule has 0 aliphatic carbocycles. The third kappa shape index (κ3) is 4.78. The van der Waals surface area contributed by atoms with Crippen LogP contribution in [0.2, 0.25) is 0 Å². The molecule has 0 aromatic rings. The number of hydrogen-bond donors (Lipinski definition) is 0. The van der Waals surface area contributed by atoms with Crippen molar-refractivity contribution in [3.8, 4) is 0 Å². The normalized spacial score (nSPS) is 16.3. The van der Waals surface area contributed by atoms with Gasteiger partial charge in [-0.1, -0.05) is 19.1 Å². The molecule has 0 rings (SSSR count). The fourth-order valence-electron chi connectivity index (χ4n) is 0.338. The minimum absolute atomic E-state index is 0.418. The molecule has 3 heteroatoms. The van der Waals surface area contributed by atoms with Crippen LogP contribution in [0, 0.1) is 0 Å². The fraction of sp³-hybridized carbons (Fsp3) is 0.714. The Hall–Kier alpha value is -0.0700. The summed E-state index contributed by atoms with van der Waals surface area (Å²) in [5.74, 6) is 0. The number of hydrogen-bond acceptors (Lipinski definition) is 2. The third-order valence-corrected chi connectivity index (χ3v) is 2.98. The van der Waals surface area contributed by atoms with Crippen LogP contribution in [0.15, 0.2) is 12.2 Å². The van der Waals surface area contributed by atoms with E-state index in [4.69, 9.17) is 4.52 Å². The molecular weight excluding hydrogens is 147 g/mol. The number of rotatable bonds is 4. The van der Waals surface area contributed by atoms with Crippen molar-refractivity contribution in [2.75, 3.05) is 19.4 Å². The van der Waals surface area contributed by atoms with Crippen molar-refractivity contribution in [2.24, 2.45) is 0 Å². The Morgan fingerprint density at radius 3 is 2.50 bits per heavy atom. The highest BCUT2D eigenvalue weighted by molar-refractivity contribution is 7.58. The second kappa shape index (κ2) is 3.95. The smallest absolute Gasteiger partial charge is 0.200 e. The van der Waals surface area contributed by atoms with E-state index >= 15 is 0 Å². The van der Waals surface area contributed by atoms with E-state index in [1.165, 1.54) is 0 Å². The molecule has 0 bridgehead atoms. The van der Waals surface area contributed by atoms with Gasteiger partial charge in [0.1, 0.15) is 0 Å². The molecule has 0 N–H and O–H groups in total. The first kappa shape index (κ1) is 9.93. The van der Waals surface area contributed by atoms with Gasteiger partial charge in [-0.3, -0.25) is 4.57 Å². The molecule has 0 aromatic heterocycles. The fourth-order valence-corrected chi connectivity index (χ4v) is 1.01. The lowest BCUT2D eigenvalue weighted by Crippen LogP contribution is -1.94. The molecule has 0 spiro atoms. The molecule has 0 radical (unpaired) electrons. The van der Waals surface area contributed by atoms with Gasteiger partial charge in [0.2, 0.25) is 0 Å². The summed E-state index contributed by atoms with van der Waals surface area (Å²) in [5, 5.41) is 0. The van der Waals surface area contributed by atoms with E-state index in [-0.39, 0.29) is 0 Å². The molecule has 0 aliphatic heterocycles. The Labute approximate surface area is 62.7 Å². The average Bonchev–Trinajstić information content (AvgIpc) is 1.85. The van der Waals surface area contributed by atoms with Gasteiger partial charge >= 0.3 is 0 Å². The lowest BCUT2D eigenvalue weighted by molar-refractivity contribution is 0.349. The first-order valence-electron chi connectivity index (χ1n) is 3.33. The Bertz CT molecular complexity index is 163. The van der Waals surface area contributed by atoms with E-state index in [1.54, 1.807) is 6.66 Å². The van der Waals surface area contributed by atoms with E-state index in [1.807, 2.05) is 13.8 Å². The molecular formula is C7H15O2P. The maximum atomic E-state index is 11.2.